The monoisotopic (exact) mass is 374 g/mol. The molecule has 0 atom stereocenters. The Kier molecular flexibility index (Phi) is 3.79. The molecule has 0 bridgehead atoms. The van der Waals surface area contributed by atoms with Gasteiger partial charge in [0.25, 0.3) is 5.82 Å². The maximum atomic E-state index is 13.0. The predicted molar refractivity (Wildman–Crippen MR) is 81.3 cm³/mol. The van der Waals surface area contributed by atoms with Gasteiger partial charge in [-0.15, -0.1) is 0 Å². The van der Waals surface area contributed by atoms with Crippen molar-refractivity contribution in [2.75, 3.05) is 0 Å². The topological polar surface area (TPSA) is 43.0 Å². The molecule has 4 nitrogen and oxygen atoms in total. The lowest BCUT2D eigenvalue weighted by molar-refractivity contribution is -0.707. The van der Waals surface area contributed by atoms with Crippen LogP contribution in [0.3, 0.4) is 0 Å². The molecule has 2 aromatic rings. The number of hydrogen-bond acceptors (Lipinski definition) is 2. The Hall–Kier alpha value is -1.75. The van der Waals surface area contributed by atoms with Gasteiger partial charge in [0, 0.05) is 18.1 Å². The molecule has 2 aliphatic carbocycles. The van der Waals surface area contributed by atoms with Crippen LogP contribution >= 0.6 is 0 Å². The van der Waals surface area contributed by atoms with Gasteiger partial charge in [-0.3, -0.25) is 9.59 Å². The molecule has 1 aromatic heterocycles. The van der Waals surface area contributed by atoms with Gasteiger partial charge < -0.3 is 17.0 Å². The largest absolute Gasteiger partial charge is 1.00 e. The van der Waals surface area contributed by atoms with Crippen LogP contribution in [0.1, 0.15) is 76.7 Å². The van der Waals surface area contributed by atoms with Gasteiger partial charge in [-0.05, 0) is 26.7 Å². The van der Waals surface area contributed by atoms with E-state index < -0.39 is 0 Å². The van der Waals surface area contributed by atoms with Gasteiger partial charge in [-0.25, -0.2) is 9.13 Å². The number of aromatic nitrogens is 2. The molecule has 0 saturated heterocycles. The molecule has 0 N–H and O–H groups in total. The highest BCUT2D eigenvalue weighted by Gasteiger charge is 2.47. The smallest absolute Gasteiger partial charge is 0.254 e. The molecule has 0 amide bonds. The Morgan fingerprint density at radius 1 is 1.09 bits per heavy atom. The summed E-state index contributed by atoms with van der Waals surface area (Å²) in [5.41, 5.74) is 2.23. The maximum Gasteiger partial charge on any atom is 0.254 e. The van der Waals surface area contributed by atoms with Crippen molar-refractivity contribution in [3.05, 3.63) is 52.6 Å². The van der Waals surface area contributed by atoms with Crippen molar-refractivity contribution in [1.82, 2.24) is 4.57 Å². The fraction of sp³-hybridized carbons (Fsp3) is 0.389. The average molecular weight is 375 g/mol. The van der Waals surface area contributed by atoms with Crippen LogP contribution in [0.4, 0.5) is 0 Å². The Morgan fingerprint density at radius 3 is 2.17 bits per heavy atom. The van der Waals surface area contributed by atoms with Gasteiger partial charge in [-0.1, -0.05) is 24.3 Å². The van der Waals surface area contributed by atoms with E-state index >= 15 is 0 Å². The van der Waals surface area contributed by atoms with E-state index in [9.17, 15) is 9.59 Å². The lowest BCUT2D eigenvalue weighted by atomic mass is 9.89. The normalized spacial score (nSPS) is 16.2. The molecule has 0 unspecified atom stereocenters. The van der Waals surface area contributed by atoms with E-state index in [1.807, 2.05) is 23.6 Å². The predicted octanol–water partition coefficient (Wildman–Crippen LogP) is -0.221. The Labute approximate surface area is 145 Å². The fourth-order valence-electron chi connectivity index (χ4n) is 3.65. The highest BCUT2D eigenvalue weighted by Crippen LogP contribution is 2.35. The number of imidazole rings is 1. The number of carbonyl (C=O) groups excluding carboxylic acids is 2. The number of fused-ring (bicyclic) bond motifs is 2. The van der Waals surface area contributed by atoms with E-state index in [2.05, 4.69) is 18.4 Å². The third-order valence-corrected chi connectivity index (χ3v) is 4.68. The molecule has 0 spiro atoms. The van der Waals surface area contributed by atoms with Crippen molar-refractivity contribution in [2.45, 2.75) is 45.7 Å². The first kappa shape index (κ1) is 16.1. The zero-order valence-electron chi connectivity index (χ0n) is 13.5. The van der Waals surface area contributed by atoms with E-state index in [0.29, 0.717) is 28.6 Å². The summed E-state index contributed by atoms with van der Waals surface area (Å²) < 4.78 is 4.13. The molecule has 120 valence electrons. The molecular formula is C18H19BrN2O2. The zero-order valence-corrected chi connectivity index (χ0v) is 15.1. The van der Waals surface area contributed by atoms with Gasteiger partial charge in [0.1, 0.15) is 6.04 Å². The van der Waals surface area contributed by atoms with Gasteiger partial charge in [-0.2, -0.15) is 0 Å². The van der Waals surface area contributed by atoms with E-state index in [1.54, 1.807) is 12.1 Å². The molecule has 2 aliphatic rings. The van der Waals surface area contributed by atoms with E-state index in [1.165, 1.54) is 0 Å². The summed E-state index contributed by atoms with van der Waals surface area (Å²) in [5.74, 6) is 0.970. The summed E-state index contributed by atoms with van der Waals surface area (Å²) >= 11 is 0. The van der Waals surface area contributed by atoms with Crippen molar-refractivity contribution in [2.24, 2.45) is 0 Å². The second kappa shape index (κ2) is 5.41. The highest BCUT2D eigenvalue weighted by atomic mass is 79.9. The molecule has 1 aromatic carbocycles. The van der Waals surface area contributed by atoms with Crippen LogP contribution in [0.5, 0.6) is 0 Å². The maximum absolute atomic E-state index is 13.0. The summed E-state index contributed by atoms with van der Waals surface area (Å²) in [6.07, 6.45) is 2.17. The second-order valence-electron chi connectivity index (χ2n) is 6.51. The minimum atomic E-state index is -0.0265. The Bertz CT molecular complexity index is 773. The summed E-state index contributed by atoms with van der Waals surface area (Å²) in [5, 5.41) is 0. The number of ketones is 2. The third-order valence-electron chi connectivity index (χ3n) is 4.68. The van der Waals surface area contributed by atoms with Crippen LogP contribution < -0.4 is 21.5 Å². The van der Waals surface area contributed by atoms with Crippen molar-refractivity contribution in [3.63, 3.8) is 0 Å². The molecule has 1 heterocycles. The standard InChI is InChI=1S/C18H19N2O2.BrH/c1-10(2)19-11(3)20(12-8-9-12)16-15(19)17(21)13-6-4-5-7-14(13)18(16)22;/h4-7,10,12H,8-9H2,1-3H3;1H/q+1;/p-1. The molecule has 0 radical (unpaired) electrons. The molecule has 23 heavy (non-hydrogen) atoms. The molecule has 1 fully saturated rings. The van der Waals surface area contributed by atoms with Crippen molar-refractivity contribution in [1.29, 1.82) is 0 Å². The lowest BCUT2D eigenvalue weighted by Gasteiger charge is -2.13. The summed E-state index contributed by atoms with van der Waals surface area (Å²) in [6.45, 7) is 6.13. The Balaban J connectivity index is 0.00000156. The summed E-state index contributed by atoms with van der Waals surface area (Å²) in [7, 11) is 0. The van der Waals surface area contributed by atoms with Gasteiger partial charge in [0.15, 0.2) is 0 Å². The molecule has 4 rings (SSSR count). The molecular weight excluding hydrogens is 356 g/mol. The van der Waals surface area contributed by atoms with Crippen LogP contribution in [-0.2, 0) is 0 Å². The summed E-state index contributed by atoms with van der Waals surface area (Å²) in [4.78, 5) is 26.0. The average Bonchev–Trinajstić information content (AvgIpc) is 3.27. The third kappa shape index (κ3) is 2.13. The van der Waals surface area contributed by atoms with Crippen LogP contribution in [-0.4, -0.2) is 16.1 Å². The summed E-state index contributed by atoms with van der Waals surface area (Å²) in [6, 6.07) is 7.68. The first-order valence-electron chi connectivity index (χ1n) is 7.87. The first-order valence-corrected chi connectivity index (χ1v) is 7.87. The number of hydrogen-bond donors (Lipinski definition) is 0. The molecule has 0 aliphatic heterocycles. The number of carbonyl (C=O) groups is 2. The fourth-order valence-corrected chi connectivity index (χ4v) is 3.65. The van der Waals surface area contributed by atoms with E-state index in [0.717, 1.165) is 18.7 Å². The molecule has 1 saturated carbocycles. The van der Waals surface area contributed by atoms with Gasteiger partial charge >= 0.3 is 0 Å². The van der Waals surface area contributed by atoms with Crippen LogP contribution in [0.15, 0.2) is 24.3 Å². The molecule has 5 heteroatoms. The van der Waals surface area contributed by atoms with E-state index in [-0.39, 0.29) is 34.6 Å². The minimum Gasteiger partial charge on any atom is -1.00 e. The van der Waals surface area contributed by atoms with Crippen LogP contribution in [0.25, 0.3) is 0 Å². The minimum absolute atomic E-state index is 0. The van der Waals surface area contributed by atoms with Gasteiger partial charge in [0.05, 0.1) is 6.04 Å². The second-order valence-corrected chi connectivity index (χ2v) is 6.51. The van der Waals surface area contributed by atoms with Crippen LogP contribution in [0, 0.1) is 6.92 Å². The van der Waals surface area contributed by atoms with Crippen molar-refractivity contribution in [3.8, 4) is 0 Å². The quantitative estimate of drug-likeness (QED) is 0.582. The highest BCUT2D eigenvalue weighted by molar-refractivity contribution is 6.26. The lowest BCUT2D eigenvalue weighted by Crippen LogP contribution is -3.00. The SMILES string of the molecule is Cc1n(C(C)C)c2c([n+]1C1CC1)C(=O)c1ccccc1C2=O.[Br-]. The Morgan fingerprint density at radius 2 is 1.65 bits per heavy atom. The van der Waals surface area contributed by atoms with Crippen molar-refractivity contribution < 1.29 is 31.1 Å². The van der Waals surface area contributed by atoms with E-state index in [4.69, 9.17) is 0 Å². The number of rotatable bonds is 2. The van der Waals surface area contributed by atoms with Gasteiger partial charge in [0.2, 0.25) is 23.0 Å². The first-order chi connectivity index (χ1) is 10.5. The number of benzene rings is 1. The number of nitrogens with zero attached hydrogens (tertiary/aromatic N) is 2. The van der Waals surface area contributed by atoms with Crippen molar-refractivity contribution >= 4 is 11.6 Å². The number of halogens is 1. The van der Waals surface area contributed by atoms with Crippen LogP contribution in [0.2, 0.25) is 0 Å². The zero-order chi connectivity index (χ0) is 15.6.